The van der Waals surface area contributed by atoms with Crippen LogP contribution in [0.3, 0.4) is 0 Å². The predicted molar refractivity (Wildman–Crippen MR) is 45.6 cm³/mol. The fourth-order valence-corrected chi connectivity index (χ4v) is 0.354. The molecule has 2 N–H and O–H groups in total. The molecule has 0 aliphatic heterocycles. The van der Waals surface area contributed by atoms with Crippen molar-refractivity contribution in [3.05, 3.63) is 20.0 Å². The molecule has 0 spiro atoms. The van der Waals surface area contributed by atoms with Crippen LogP contribution in [0.5, 0.6) is 0 Å². The van der Waals surface area contributed by atoms with Gasteiger partial charge in [-0.1, -0.05) is 12.8 Å². The SMILES string of the molecule is P.[CH2-]CCCC[CH2-].[Cr+4].[NH2-]. The summed E-state index contributed by atoms with van der Waals surface area (Å²) in [4.78, 5) is 0. The maximum Gasteiger partial charge on any atom is 4.00 e. The molecule has 0 aliphatic carbocycles. The zero-order valence-corrected chi connectivity index (χ0v) is 8.62. The summed E-state index contributed by atoms with van der Waals surface area (Å²) in [5.74, 6) is 0. The van der Waals surface area contributed by atoms with Gasteiger partial charge in [-0.15, -0.1) is 0 Å². The number of hydrogen-bond acceptors (Lipinski definition) is 0. The third-order valence-corrected chi connectivity index (χ3v) is 0.750. The number of hydrogen-bond donors (Lipinski definition) is 0. The average Bonchev–Trinajstić information content (AvgIpc) is 1.61. The first-order chi connectivity index (χ1) is 2.91. The van der Waals surface area contributed by atoms with E-state index in [4.69, 9.17) is 0 Å². The van der Waals surface area contributed by atoms with Crippen LogP contribution in [0.2, 0.25) is 0 Å². The van der Waals surface area contributed by atoms with Gasteiger partial charge in [-0.05, 0) is 0 Å². The second-order valence-corrected chi connectivity index (χ2v) is 1.41. The molecule has 0 fully saturated rings. The van der Waals surface area contributed by atoms with Crippen LogP contribution in [0.1, 0.15) is 25.7 Å². The average molecular weight is 186 g/mol. The van der Waals surface area contributed by atoms with Crippen molar-refractivity contribution in [2.24, 2.45) is 0 Å². The van der Waals surface area contributed by atoms with Crippen LogP contribution in [0.4, 0.5) is 0 Å². The first-order valence-corrected chi connectivity index (χ1v) is 2.50. The molecule has 1 nitrogen and oxygen atoms in total. The van der Waals surface area contributed by atoms with Gasteiger partial charge in [0, 0.05) is 0 Å². The second kappa shape index (κ2) is 23.1. The molecule has 0 saturated heterocycles. The molecule has 0 bridgehead atoms. The van der Waals surface area contributed by atoms with Gasteiger partial charge in [-0.25, -0.2) is 0 Å². The molecule has 0 aromatic heterocycles. The van der Waals surface area contributed by atoms with Gasteiger partial charge in [0.05, 0.1) is 0 Å². The molecular weight excluding hydrogens is 169 g/mol. The van der Waals surface area contributed by atoms with E-state index in [0.717, 1.165) is 12.8 Å². The first kappa shape index (κ1) is 22.5. The van der Waals surface area contributed by atoms with E-state index in [9.17, 15) is 0 Å². The molecule has 1 atom stereocenters. The maximum atomic E-state index is 3.70. The summed E-state index contributed by atoms with van der Waals surface area (Å²) in [6, 6.07) is 0. The van der Waals surface area contributed by atoms with Crippen LogP contribution in [0.25, 0.3) is 6.15 Å². The van der Waals surface area contributed by atoms with Crippen LogP contribution < -0.4 is 0 Å². The fourth-order valence-electron chi connectivity index (χ4n) is 0.354. The standard InChI is InChI=1S/C6H12.Cr.H2N.H3P/c1-3-5-6-4-2;;;/h1-6H2;;1H2;1H3/q-2;+4;-1;. The van der Waals surface area contributed by atoms with Crippen molar-refractivity contribution >= 4 is 9.90 Å². The van der Waals surface area contributed by atoms with Crippen LogP contribution in [0, 0.1) is 13.8 Å². The van der Waals surface area contributed by atoms with Crippen molar-refractivity contribution in [1.29, 1.82) is 0 Å². The Labute approximate surface area is 73.3 Å². The Morgan fingerprint density at radius 1 is 0.889 bits per heavy atom. The third-order valence-electron chi connectivity index (χ3n) is 0.750. The monoisotopic (exact) mass is 186 g/mol. The van der Waals surface area contributed by atoms with Gasteiger partial charge in [0.15, 0.2) is 0 Å². The zero-order chi connectivity index (χ0) is 4.83. The summed E-state index contributed by atoms with van der Waals surface area (Å²) in [5.41, 5.74) is 0. The molecule has 3 heteroatoms. The molecule has 0 aromatic carbocycles. The van der Waals surface area contributed by atoms with E-state index >= 15 is 0 Å². The molecule has 0 amide bonds. The second-order valence-electron chi connectivity index (χ2n) is 1.41. The van der Waals surface area contributed by atoms with Crippen molar-refractivity contribution in [2.75, 3.05) is 0 Å². The molecule has 0 rings (SSSR count). The van der Waals surface area contributed by atoms with E-state index in [1.165, 1.54) is 12.8 Å². The molecule has 0 radical (unpaired) electrons. The van der Waals surface area contributed by atoms with E-state index in [-0.39, 0.29) is 33.4 Å². The molecule has 56 valence electrons. The Hall–Kier alpha value is 0.922. The smallest absolute Gasteiger partial charge is 0.693 e. The number of unbranched alkanes of at least 4 members (excludes halogenated alkanes) is 3. The molecule has 0 aromatic rings. The van der Waals surface area contributed by atoms with Gasteiger partial charge in [-0.3, -0.25) is 0 Å². The van der Waals surface area contributed by atoms with Crippen molar-refractivity contribution in [2.45, 2.75) is 25.7 Å². The Morgan fingerprint density at radius 3 is 1.22 bits per heavy atom. The molecule has 0 saturated carbocycles. The van der Waals surface area contributed by atoms with Gasteiger partial charge >= 0.3 is 17.4 Å². The Kier molecular flexibility index (Phi) is 57.8. The van der Waals surface area contributed by atoms with E-state index in [1.807, 2.05) is 0 Å². The minimum Gasteiger partial charge on any atom is -0.693 e. The third kappa shape index (κ3) is 27.8. The summed E-state index contributed by atoms with van der Waals surface area (Å²) in [5, 5.41) is 0. The summed E-state index contributed by atoms with van der Waals surface area (Å²) in [7, 11) is 0. The van der Waals surface area contributed by atoms with Crippen molar-refractivity contribution in [1.82, 2.24) is 0 Å². The largest absolute Gasteiger partial charge is 4.00 e. The number of rotatable bonds is 3. The summed E-state index contributed by atoms with van der Waals surface area (Å²) in [6.45, 7) is 7.39. The van der Waals surface area contributed by atoms with Crippen LogP contribution in [-0.4, -0.2) is 0 Å². The summed E-state index contributed by atoms with van der Waals surface area (Å²) >= 11 is 0. The Bertz CT molecular complexity index is 25.0. The minimum absolute atomic E-state index is 0. The minimum atomic E-state index is 0. The van der Waals surface area contributed by atoms with Crippen molar-refractivity contribution < 1.29 is 17.4 Å². The van der Waals surface area contributed by atoms with Crippen LogP contribution in [0.15, 0.2) is 0 Å². The summed E-state index contributed by atoms with van der Waals surface area (Å²) < 4.78 is 0. The van der Waals surface area contributed by atoms with Gasteiger partial charge < -0.3 is 20.0 Å². The molecular formula is C6H17CrNP+. The molecule has 1 unspecified atom stereocenters. The molecule has 0 heterocycles. The van der Waals surface area contributed by atoms with E-state index in [0.29, 0.717) is 0 Å². The normalized spacial score (nSPS) is 6.00. The van der Waals surface area contributed by atoms with Crippen molar-refractivity contribution in [3.63, 3.8) is 0 Å². The van der Waals surface area contributed by atoms with Crippen molar-refractivity contribution in [3.8, 4) is 0 Å². The molecule has 0 aliphatic rings. The van der Waals surface area contributed by atoms with Gasteiger partial charge in [0.2, 0.25) is 0 Å². The van der Waals surface area contributed by atoms with Gasteiger partial charge in [0.1, 0.15) is 0 Å². The fraction of sp³-hybridized carbons (Fsp3) is 0.667. The topological polar surface area (TPSA) is 33.5 Å². The van der Waals surface area contributed by atoms with Gasteiger partial charge in [0.25, 0.3) is 0 Å². The zero-order valence-electron chi connectivity index (χ0n) is 5.94. The Morgan fingerprint density at radius 2 is 1.11 bits per heavy atom. The maximum absolute atomic E-state index is 3.70. The first-order valence-electron chi connectivity index (χ1n) is 2.50. The molecule has 9 heavy (non-hydrogen) atoms. The summed E-state index contributed by atoms with van der Waals surface area (Å²) in [6.07, 6.45) is 4.61. The van der Waals surface area contributed by atoms with E-state index in [1.54, 1.807) is 0 Å². The predicted octanol–water partition coefficient (Wildman–Crippen LogP) is 2.99. The number of nitrogens with two attached hydrogens (primary N) is 1. The quantitative estimate of drug-likeness (QED) is 0.369. The van der Waals surface area contributed by atoms with E-state index < -0.39 is 0 Å². The van der Waals surface area contributed by atoms with Crippen LogP contribution >= 0.6 is 9.90 Å². The van der Waals surface area contributed by atoms with E-state index in [2.05, 4.69) is 13.8 Å². The Balaban J connectivity index is -0.0000000417. The van der Waals surface area contributed by atoms with Crippen LogP contribution in [-0.2, 0) is 17.4 Å². The van der Waals surface area contributed by atoms with Gasteiger partial charge in [-0.2, -0.15) is 22.7 Å².